The van der Waals surface area contributed by atoms with Crippen LogP contribution in [0.3, 0.4) is 0 Å². The first kappa shape index (κ1) is 27.5. The number of nitrogens with one attached hydrogen (secondary N) is 2. The highest BCUT2D eigenvalue weighted by Gasteiger charge is 2.25. The zero-order valence-electron chi connectivity index (χ0n) is 20.9. The lowest BCUT2D eigenvalue weighted by atomic mass is 10.00. The highest BCUT2D eigenvalue weighted by atomic mass is 35.5. The fraction of sp³-hybridized carbons (Fsp3) is 0.286. The van der Waals surface area contributed by atoms with Gasteiger partial charge in [0.2, 0.25) is 0 Å². The molecule has 0 aliphatic rings. The van der Waals surface area contributed by atoms with E-state index in [1.165, 1.54) is 29.3 Å². The number of hydrogen-bond donors (Lipinski definition) is 3. The fourth-order valence-corrected chi connectivity index (χ4v) is 4.54. The van der Waals surface area contributed by atoms with Crippen LogP contribution in [-0.2, 0) is 26.4 Å². The van der Waals surface area contributed by atoms with Gasteiger partial charge in [-0.3, -0.25) is 9.36 Å². The molecule has 0 radical (unpaired) electrons. The molecule has 0 aliphatic heterocycles. The number of aliphatic hydroxyl groups excluding tert-OH is 1. The molecule has 10 heteroatoms. The van der Waals surface area contributed by atoms with Crippen LogP contribution >= 0.6 is 11.6 Å². The van der Waals surface area contributed by atoms with E-state index in [9.17, 15) is 23.5 Å². The van der Waals surface area contributed by atoms with Crippen LogP contribution in [0.2, 0.25) is 5.02 Å². The van der Waals surface area contributed by atoms with Crippen LogP contribution < -0.4 is 16.4 Å². The molecule has 4 aromatic rings. The lowest BCUT2D eigenvalue weighted by Gasteiger charge is -2.25. The van der Waals surface area contributed by atoms with Crippen molar-refractivity contribution >= 4 is 28.6 Å². The number of oxazole rings is 1. The molecule has 1 amide bonds. The number of nitrogens with zero attached hydrogens (tertiary/aromatic N) is 1. The lowest BCUT2D eigenvalue weighted by molar-refractivity contribution is 0.0830. The third-order valence-electron chi connectivity index (χ3n) is 6.37. The Morgan fingerprint density at radius 2 is 1.79 bits per heavy atom. The van der Waals surface area contributed by atoms with Crippen molar-refractivity contribution in [3.63, 3.8) is 0 Å². The molecule has 0 spiro atoms. The SMILES string of the molecule is CCc1cccc(CNC[C@H](O)[C@@H](Cc2cc(F)cc(F)c2)NC(=O)c2cc3c(cc2Cl)oc(=O)n3C)c1. The number of rotatable bonds is 10. The van der Waals surface area contributed by atoms with Crippen molar-refractivity contribution < 1.29 is 23.1 Å². The van der Waals surface area contributed by atoms with Crippen molar-refractivity contribution in [2.75, 3.05) is 6.54 Å². The Kier molecular flexibility index (Phi) is 8.61. The first-order valence-corrected chi connectivity index (χ1v) is 12.5. The van der Waals surface area contributed by atoms with Crippen molar-refractivity contribution in [1.29, 1.82) is 0 Å². The van der Waals surface area contributed by atoms with Crippen LogP contribution in [-0.4, -0.2) is 34.3 Å². The highest BCUT2D eigenvalue weighted by Crippen LogP contribution is 2.24. The summed E-state index contributed by atoms with van der Waals surface area (Å²) in [6, 6.07) is 13.0. The zero-order valence-corrected chi connectivity index (χ0v) is 21.7. The van der Waals surface area contributed by atoms with E-state index in [-0.39, 0.29) is 34.7 Å². The second-order valence-corrected chi connectivity index (χ2v) is 9.57. The van der Waals surface area contributed by atoms with Gasteiger partial charge in [-0.05, 0) is 47.7 Å². The first-order valence-electron chi connectivity index (χ1n) is 12.2. The van der Waals surface area contributed by atoms with Crippen molar-refractivity contribution in [3.05, 3.63) is 104 Å². The van der Waals surface area contributed by atoms with Gasteiger partial charge in [-0.1, -0.05) is 42.8 Å². The summed E-state index contributed by atoms with van der Waals surface area (Å²) in [5.41, 5.74) is 3.14. The van der Waals surface area contributed by atoms with Gasteiger partial charge in [0, 0.05) is 32.3 Å². The maximum Gasteiger partial charge on any atom is 0.419 e. The molecule has 1 aromatic heterocycles. The normalized spacial score (nSPS) is 13.0. The number of fused-ring (bicyclic) bond motifs is 1. The maximum atomic E-state index is 13.8. The number of benzene rings is 3. The summed E-state index contributed by atoms with van der Waals surface area (Å²) in [6.45, 7) is 2.65. The molecule has 38 heavy (non-hydrogen) atoms. The largest absolute Gasteiger partial charge is 0.419 e. The summed E-state index contributed by atoms with van der Waals surface area (Å²) in [5, 5.41) is 17.0. The van der Waals surface area contributed by atoms with Gasteiger partial charge in [0.15, 0.2) is 5.58 Å². The average molecular weight is 544 g/mol. The number of carbonyl (C=O) groups is 1. The molecule has 3 N–H and O–H groups in total. The van der Waals surface area contributed by atoms with Gasteiger partial charge in [-0.15, -0.1) is 0 Å². The van der Waals surface area contributed by atoms with Crippen molar-refractivity contribution in [1.82, 2.24) is 15.2 Å². The second-order valence-electron chi connectivity index (χ2n) is 9.16. The Bertz CT molecular complexity index is 1500. The lowest BCUT2D eigenvalue weighted by Crippen LogP contribution is -2.48. The quantitative estimate of drug-likeness (QED) is 0.280. The topological polar surface area (TPSA) is 96.5 Å². The van der Waals surface area contributed by atoms with E-state index in [1.54, 1.807) is 0 Å². The molecule has 7 nitrogen and oxygen atoms in total. The number of aliphatic hydroxyl groups is 1. The fourth-order valence-electron chi connectivity index (χ4n) is 4.30. The Labute approximate surface area is 223 Å². The number of carbonyl (C=O) groups excluding carboxylic acids is 1. The summed E-state index contributed by atoms with van der Waals surface area (Å²) in [5.74, 6) is -2.75. The summed E-state index contributed by atoms with van der Waals surface area (Å²) in [7, 11) is 1.50. The molecule has 200 valence electrons. The molecule has 4 rings (SSSR count). The smallest absolute Gasteiger partial charge is 0.408 e. The van der Waals surface area contributed by atoms with Crippen LogP contribution in [0.15, 0.2) is 63.8 Å². The maximum absolute atomic E-state index is 13.8. The van der Waals surface area contributed by atoms with Gasteiger partial charge < -0.3 is 20.2 Å². The van der Waals surface area contributed by atoms with Gasteiger partial charge in [0.05, 0.1) is 28.2 Å². The highest BCUT2D eigenvalue weighted by molar-refractivity contribution is 6.34. The van der Waals surface area contributed by atoms with Crippen LogP contribution in [0.1, 0.15) is 34.0 Å². The Morgan fingerprint density at radius 3 is 2.50 bits per heavy atom. The predicted molar refractivity (Wildman–Crippen MR) is 141 cm³/mol. The standard InChI is InChI=1S/C28H28ClF2N3O4/c1-3-16-5-4-6-17(7-16)14-32-15-25(35)23(10-18-8-19(30)11-20(31)9-18)33-27(36)21-12-24-26(13-22(21)29)38-28(37)34(24)2/h4-9,11-13,23,25,32,35H,3,10,14-15H2,1-2H3,(H,33,36)/t23-,25+/m1/s1. The van der Waals surface area contributed by atoms with Gasteiger partial charge in [-0.2, -0.15) is 0 Å². The first-order chi connectivity index (χ1) is 18.1. The van der Waals surface area contributed by atoms with Crippen LogP contribution in [0.5, 0.6) is 0 Å². The molecule has 0 saturated carbocycles. The molecule has 0 aliphatic carbocycles. The van der Waals surface area contributed by atoms with Gasteiger partial charge in [-0.25, -0.2) is 13.6 Å². The molecule has 1 heterocycles. The van der Waals surface area contributed by atoms with Gasteiger partial charge in [0.25, 0.3) is 5.91 Å². The molecule has 2 atom stereocenters. The minimum atomic E-state index is -1.11. The van der Waals surface area contributed by atoms with E-state index in [0.717, 1.165) is 30.2 Å². The van der Waals surface area contributed by atoms with Gasteiger partial charge >= 0.3 is 5.76 Å². The predicted octanol–water partition coefficient (Wildman–Crippen LogP) is 4.12. The van der Waals surface area contributed by atoms with Crippen LogP contribution in [0.4, 0.5) is 8.78 Å². The van der Waals surface area contributed by atoms with Crippen LogP contribution in [0.25, 0.3) is 11.1 Å². The minimum absolute atomic E-state index is 0.0430. The van der Waals surface area contributed by atoms with E-state index in [2.05, 4.69) is 23.6 Å². The summed E-state index contributed by atoms with van der Waals surface area (Å²) in [4.78, 5) is 25.1. The van der Waals surface area contributed by atoms with Gasteiger partial charge in [0.1, 0.15) is 11.6 Å². The Hall–Kier alpha value is -3.53. The Balaban J connectivity index is 1.54. The summed E-state index contributed by atoms with van der Waals surface area (Å²) < 4.78 is 34.0. The number of aryl methyl sites for hydroxylation is 2. The molecular weight excluding hydrogens is 516 g/mol. The van der Waals surface area contributed by atoms with E-state index in [4.69, 9.17) is 16.0 Å². The van der Waals surface area contributed by atoms with Crippen LogP contribution in [0, 0.1) is 11.6 Å². The number of hydrogen-bond acceptors (Lipinski definition) is 5. The molecule has 0 fully saturated rings. The summed E-state index contributed by atoms with van der Waals surface area (Å²) >= 11 is 6.29. The zero-order chi connectivity index (χ0) is 27.4. The average Bonchev–Trinajstić information content (AvgIpc) is 3.14. The molecule has 0 unspecified atom stereocenters. The Morgan fingerprint density at radius 1 is 1.08 bits per heavy atom. The molecular formula is C28H28ClF2N3O4. The molecule has 3 aromatic carbocycles. The van der Waals surface area contributed by atoms with Crippen molar-refractivity contribution in [2.24, 2.45) is 7.05 Å². The van der Waals surface area contributed by atoms with E-state index < -0.39 is 35.4 Å². The number of halogens is 3. The third-order valence-corrected chi connectivity index (χ3v) is 6.68. The van der Waals surface area contributed by atoms with E-state index in [0.29, 0.717) is 12.1 Å². The van der Waals surface area contributed by atoms with E-state index >= 15 is 0 Å². The second kappa shape index (κ2) is 11.9. The molecule has 0 bridgehead atoms. The third kappa shape index (κ3) is 6.48. The molecule has 0 saturated heterocycles. The number of aromatic nitrogens is 1. The van der Waals surface area contributed by atoms with Crippen molar-refractivity contribution in [2.45, 2.75) is 38.5 Å². The summed E-state index contributed by atoms with van der Waals surface area (Å²) in [6.07, 6.45) is -0.255. The van der Waals surface area contributed by atoms with E-state index in [1.807, 2.05) is 18.2 Å². The van der Waals surface area contributed by atoms with Crippen molar-refractivity contribution in [3.8, 4) is 0 Å². The number of amides is 1. The minimum Gasteiger partial charge on any atom is -0.408 e. The monoisotopic (exact) mass is 543 g/mol.